The van der Waals surface area contributed by atoms with Crippen LogP contribution in [-0.4, -0.2) is 40.4 Å². The smallest absolute Gasteiger partial charge is 0.241 e. The Morgan fingerprint density at radius 1 is 1.19 bits per heavy atom. The fourth-order valence-electron chi connectivity index (χ4n) is 1.83. The lowest BCUT2D eigenvalue weighted by atomic mass is 10.1. The highest BCUT2D eigenvalue weighted by molar-refractivity contribution is 7.89. The molecular formula is C14H23NO5S. The maximum absolute atomic E-state index is 12.5. The summed E-state index contributed by atoms with van der Waals surface area (Å²) in [4.78, 5) is 0.136. The molecule has 0 saturated carbocycles. The van der Waals surface area contributed by atoms with Crippen LogP contribution in [0.3, 0.4) is 0 Å². The third-order valence-electron chi connectivity index (χ3n) is 3.45. The number of nitrogens with one attached hydrogen (secondary N) is 1. The molecule has 0 aliphatic heterocycles. The number of aliphatic hydroxyl groups excluding tert-OH is 1. The second-order valence-electron chi connectivity index (χ2n) is 5.04. The molecule has 6 nitrogen and oxygen atoms in total. The second kappa shape index (κ2) is 7.11. The quantitative estimate of drug-likeness (QED) is 0.792. The fraction of sp³-hybridized carbons (Fsp3) is 0.571. The first kappa shape index (κ1) is 17.7. The number of aliphatic hydroxyl groups is 1. The maximum Gasteiger partial charge on any atom is 0.241 e. The molecule has 120 valence electrons. The summed E-state index contributed by atoms with van der Waals surface area (Å²) >= 11 is 0. The van der Waals surface area contributed by atoms with Gasteiger partial charge in [-0.3, -0.25) is 0 Å². The molecule has 7 heteroatoms. The van der Waals surface area contributed by atoms with Crippen molar-refractivity contribution in [3.8, 4) is 11.5 Å². The highest BCUT2D eigenvalue weighted by atomic mass is 32.2. The van der Waals surface area contributed by atoms with Crippen molar-refractivity contribution in [1.29, 1.82) is 0 Å². The van der Waals surface area contributed by atoms with Crippen LogP contribution in [0, 0.1) is 12.8 Å². The van der Waals surface area contributed by atoms with Crippen molar-refractivity contribution in [2.24, 2.45) is 5.92 Å². The normalized spacial score (nSPS) is 14.6. The molecule has 0 spiro atoms. The molecule has 1 aromatic rings. The molecule has 2 N–H and O–H groups in total. The van der Waals surface area contributed by atoms with Crippen LogP contribution in [0.4, 0.5) is 0 Å². The first-order valence-electron chi connectivity index (χ1n) is 6.62. The van der Waals surface area contributed by atoms with Gasteiger partial charge in [0.05, 0.1) is 19.1 Å². The highest BCUT2D eigenvalue weighted by Gasteiger charge is 2.24. The van der Waals surface area contributed by atoms with Crippen LogP contribution < -0.4 is 14.2 Å². The van der Waals surface area contributed by atoms with Gasteiger partial charge in [-0.1, -0.05) is 6.92 Å². The molecule has 0 fully saturated rings. The van der Waals surface area contributed by atoms with Gasteiger partial charge in [-0.25, -0.2) is 13.1 Å². The minimum Gasteiger partial charge on any atom is -0.493 e. The Morgan fingerprint density at radius 3 is 2.19 bits per heavy atom. The molecule has 21 heavy (non-hydrogen) atoms. The third kappa shape index (κ3) is 4.09. The Labute approximate surface area is 126 Å². The summed E-state index contributed by atoms with van der Waals surface area (Å²) in [5.41, 5.74) is 0.559. The van der Waals surface area contributed by atoms with Gasteiger partial charge < -0.3 is 14.6 Å². The standard InChI is InChI=1S/C14H23NO5S/c1-9-6-12(19-4)13(20-5)7-14(9)21(17,18)15-11(3)10(2)8-16/h6-7,10-11,15-16H,8H2,1-5H3. The van der Waals surface area contributed by atoms with E-state index in [4.69, 9.17) is 14.6 Å². The van der Waals surface area contributed by atoms with Crippen molar-refractivity contribution < 1.29 is 23.0 Å². The number of benzene rings is 1. The zero-order valence-corrected chi connectivity index (χ0v) is 13.8. The van der Waals surface area contributed by atoms with E-state index in [-0.39, 0.29) is 23.5 Å². The van der Waals surface area contributed by atoms with E-state index in [1.165, 1.54) is 20.3 Å². The minimum absolute atomic E-state index is 0.0887. The van der Waals surface area contributed by atoms with E-state index in [9.17, 15) is 8.42 Å². The van der Waals surface area contributed by atoms with E-state index in [1.807, 2.05) is 0 Å². The number of sulfonamides is 1. The summed E-state index contributed by atoms with van der Waals surface area (Å²) in [5.74, 6) is 0.650. The molecule has 0 bridgehead atoms. The first-order chi connectivity index (χ1) is 9.76. The van der Waals surface area contributed by atoms with Crippen molar-refractivity contribution in [3.63, 3.8) is 0 Å². The number of aryl methyl sites for hydroxylation is 1. The van der Waals surface area contributed by atoms with E-state index in [2.05, 4.69) is 4.72 Å². The molecule has 0 aliphatic rings. The molecule has 0 saturated heterocycles. The molecule has 1 aromatic carbocycles. The fourth-order valence-corrected chi connectivity index (χ4v) is 3.43. The molecule has 2 atom stereocenters. The van der Waals surface area contributed by atoms with Crippen LogP contribution in [0.1, 0.15) is 19.4 Å². The summed E-state index contributed by atoms with van der Waals surface area (Å²) in [7, 11) is -0.753. The van der Waals surface area contributed by atoms with Gasteiger partial charge in [0.15, 0.2) is 11.5 Å². The van der Waals surface area contributed by atoms with E-state index in [1.54, 1.807) is 26.8 Å². The molecule has 1 rings (SSSR count). The Kier molecular flexibility index (Phi) is 6.00. The Bertz CT molecular complexity index is 585. The number of methoxy groups -OCH3 is 2. The average molecular weight is 317 g/mol. The topological polar surface area (TPSA) is 84.9 Å². The zero-order valence-electron chi connectivity index (χ0n) is 13.0. The molecule has 0 amide bonds. The molecule has 2 unspecified atom stereocenters. The predicted octanol–water partition coefficient (Wildman–Crippen LogP) is 1.31. The van der Waals surface area contributed by atoms with E-state index < -0.39 is 10.0 Å². The van der Waals surface area contributed by atoms with Gasteiger partial charge in [-0.2, -0.15) is 0 Å². The first-order valence-corrected chi connectivity index (χ1v) is 8.11. The summed E-state index contributed by atoms with van der Waals surface area (Å²) < 4.78 is 37.8. The van der Waals surface area contributed by atoms with Gasteiger partial charge in [0.1, 0.15) is 0 Å². The SMILES string of the molecule is COc1cc(C)c(S(=O)(=O)NC(C)C(C)CO)cc1OC. The molecule has 0 aliphatic carbocycles. The van der Waals surface area contributed by atoms with Crippen molar-refractivity contribution >= 4 is 10.0 Å². The van der Waals surface area contributed by atoms with Crippen molar-refractivity contribution in [1.82, 2.24) is 4.72 Å². The third-order valence-corrected chi connectivity index (χ3v) is 5.15. The monoisotopic (exact) mass is 317 g/mol. The van der Waals surface area contributed by atoms with E-state index >= 15 is 0 Å². The lowest BCUT2D eigenvalue weighted by Gasteiger charge is -2.20. The largest absolute Gasteiger partial charge is 0.493 e. The molecule has 0 aromatic heterocycles. The van der Waals surface area contributed by atoms with Gasteiger partial charge in [0.2, 0.25) is 10.0 Å². The number of ether oxygens (including phenoxy) is 2. The Morgan fingerprint density at radius 2 is 1.71 bits per heavy atom. The minimum atomic E-state index is -3.70. The van der Waals surface area contributed by atoms with Gasteiger partial charge >= 0.3 is 0 Å². The number of rotatable bonds is 7. The lowest BCUT2D eigenvalue weighted by Crippen LogP contribution is -2.38. The van der Waals surface area contributed by atoms with Crippen LogP contribution in [0.25, 0.3) is 0 Å². The number of hydrogen-bond acceptors (Lipinski definition) is 5. The molecular weight excluding hydrogens is 294 g/mol. The van der Waals surface area contributed by atoms with Gasteiger partial charge in [-0.05, 0) is 31.4 Å². The van der Waals surface area contributed by atoms with Gasteiger partial charge in [0, 0.05) is 18.7 Å². The average Bonchev–Trinajstić information content (AvgIpc) is 2.44. The van der Waals surface area contributed by atoms with Crippen LogP contribution in [-0.2, 0) is 10.0 Å². The van der Waals surface area contributed by atoms with E-state index in [0.29, 0.717) is 17.1 Å². The predicted molar refractivity (Wildman–Crippen MR) is 80.3 cm³/mol. The Hall–Kier alpha value is -1.31. The lowest BCUT2D eigenvalue weighted by molar-refractivity contribution is 0.216. The summed E-state index contributed by atoms with van der Waals surface area (Å²) in [6.45, 7) is 5.09. The Balaban J connectivity index is 3.19. The number of hydrogen-bond donors (Lipinski definition) is 2. The summed E-state index contributed by atoms with van der Waals surface area (Å²) in [6, 6.07) is 2.67. The van der Waals surface area contributed by atoms with Crippen LogP contribution >= 0.6 is 0 Å². The summed E-state index contributed by atoms with van der Waals surface area (Å²) in [5, 5.41) is 9.11. The van der Waals surface area contributed by atoms with Crippen molar-refractivity contribution in [2.45, 2.75) is 31.7 Å². The van der Waals surface area contributed by atoms with Crippen LogP contribution in [0.5, 0.6) is 11.5 Å². The van der Waals surface area contributed by atoms with Crippen molar-refractivity contribution in [3.05, 3.63) is 17.7 Å². The maximum atomic E-state index is 12.5. The second-order valence-corrected chi connectivity index (χ2v) is 6.72. The zero-order chi connectivity index (χ0) is 16.2. The van der Waals surface area contributed by atoms with E-state index in [0.717, 1.165) is 0 Å². The van der Waals surface area contributed by atoms with Crippen LogP contribution in [0.15, 0.2) is 17.0 Å². The van der Waals surface area contributed by atoms with Crippen molar-refractivity contribution in [2.75, 3.05) is 20.8 Å². The van der Waals surface area contributed by atoms with Gasteiger partial charge in [-0.15, -0.1) is 0 Å². The molecule has 0 radical (unpaired) electrons. The van der Waals surface area contributed by atoms with Gasteiger partial charge in [0.25, 0.3) is 0 Å². The van der Waals surface area contributed by atoms with Crippen LogP contribution in [0.2, 0.25) is 0 Å². The molecule has 0 heterocycles. The summed E-state index contributed by atoms with van der Waals surface area (Å²) in [6.07, 6.45) is 0. The highest BCUT2D eigenvalue weighted by Crippen LogP contribution is 2.32.